The van der Waals surface area contributed by atoms with Crippen LogP contribution in [0, 0.1) is 5.92 Å². The van der Waals surface area contributed by atoms with Crippen LogP contribution in [-0.2, 0) is 14.4 Å². The van der Waals surface area contributed by atoms with Gasteiger partial charge in [0, 0.05) is 14.2 Å². The Balaban J connectivity index is 2.90. The summed E-state index contributed by atoms with van der Waals surface area (Å²) >= 11 is 0. The first kappa shape index (κ1) is 16.4. The van der Waals surface area contributed by atoms with Gasteiger partial charge in [-0.3, -0.25) is 9.63 Å². The summed E-state index contributed by atoms with van der Waals surface area (Å²) in [4.78, 5) is 17.1. The molecule has 0 N–H and O–H groups in total. The van der Waals surface area contributed by atoms with E-state index in [4.69, 9.17) is 9.57 Å². The van der Waals surface area contributed by atoms with Gasteiger partial charge in [-0.05, 0) is 18.1 Å². The third-order valence-corrected chi connectivity index (χ3v) is 3.32. The van der Waals surface area contributed by atoms with Gasteiger partial charge in [-0.1, -0.05) is 43.3 Å². The van der Waals surface area contributed by atoms with Gasteiger partial charge in [-0.25, -0.2) is 5.06 Å². The SMILES string of the molecule is CO[C@H](/C(C)=C/c1ccccc1)[C@@H](C)C(=O)N(C)OC. The van der Waals surface area contributed by atoms with E-state index in [1.165, 1.54) is 12.2 Å². The summed E-state index contributed by atoms with van der Waals surface area (Å²) in [6.07, 6.45) is 1.75. The molecule has 20 heavy (non-hydrogen) atoms. The second-order valence-corrected chi connectivity index (χ2v) is 4.76. The molecule has 1 rings (SSSR count). The Kier molecular flexibility index (Phi) is 6.42. The minimum absolute atomic E-state index is 0.111. The highest BCUT2D eigenvalue weighted by atomic mass is 16.7. The van der Waals surface area contributed by atoms with Crippen LogP contribution < -0.4 is 0 Å². The fourth-order valence-corrected chi connectivity index (χ4v) is 2.18. The Morgan fingerprint density at radius 1 is 1.25 bits per heavy atom. The molecule has 0 aliphatic heterocycles. The lowest BCUT2D eigenvalue weighted by Crippen LogP contribution is -2.38. The molecule has 110 valence electrons. The Labute approximate surface area is 120 Å². The molecular formula is C16H23NO3. The van der Waals surface area contributed by atoms with E-state index in [2.05, 4.69) is 0 Å². The molecule has 0 fully saturated rings. The Morgan fingerprint density at radius 3 is 2.35 bits per heavy atom. The molecule has 0 unspecified atom stereocenters. The van der Waals surface area contributed by atoms with Crippen molar-refractivity contribution < 1.29 is 14.4 Å². The number of carbonyl (C=O) groups excluding carboxylic acids is 1. The zero-order chi connectivity index (χ0) is 15.1. The second-order valence-electron chi connectivity index (χ2n) is 4.76. The molecule has 4 nitrogen and oxygen atoms in total. The maximum atomic E-state index is 12.1. The monoisotopic (exact) mass is 277 g/mol. The van der Waals surface area contributed by atoms with Crippen molar-refractivity contribution in [1.29, 1.82) is 0 Å². The van der Waals surface area contributed by atoms with Crippen molar-refractivity contribution in [2.24, 2.45) is 5.92 Å². The molecule has 0 radical (unpaired) electrons. The van der Waals surface area contributed by atoms with Crippen molar-refractivity contribution in [3.63, 3.8) is 0 Å². The van der Waals surface area contributed by atoms with Crippen LogP contribution in [0.25, 0.3) is 6.08 Å². The third kappa shape index (κ3) is 4.18. The van der Waals surface area contributed by atoms with E-state index in [-0.39, 0.29) is 17.9 Å². The summed E-state index contributed by atoms with van der Waals surface area (Å²) < 4.78 is 5.49. The molecule has 0 bridgehead atoms. The van der Waals surface area contributed by atoms with Gasteiger partial charge in [-0.15, -0.1) is 0 Å². The standard InChI is InChI=1S/C16H23NO3/c1-12(11-14-9-7-6-8-10-14)15(19-4)13(2)16(18)17(3)20-5/h6-11,13,15H,1-5H3/b12-11+/t13-,15-/m1/s1. The minimum atomic E-state index is -0.315. The van der Waals surface area contributed by atoms with E-state index in [0.717, 1.165) is 11.1 Å². The molecule has 4 heteroatoms. The lowest BCUT2D eigenvalue weighted by atomic mass is 9.95. The molecule has 0 aliphatic carbocycles. The summed E-state index contributed by atoms with van der Waals surface area (Å²) in [5.74, 6) is -0.426. The largest absolute Gasteiger partial charge is 0.376 e. The van der Waals surface area contributed by atoms with Gasteiger partial charge in [0.1, 0.15) is 0 Å². The highest BCUT2D eigenvalue weighted by Gasteiger charge is 2.27. The number of hydrogen-bond donors (Lipinski definition) is 0. The molecule has 0 spiro atoms. The molecule has 1 amide bonds. The van der Waals surface area contributed by atoms with Crippen molar-refractivity contribution in [3.05, 3.63) is 41.5 Å². The van der Waals surface area contributed by atoms with Crippen LogP contribution in [0.15, 0.2) is 35.9 Å². The average Bonchev–Trinajstić information content (AvgIpc) is 2.47. The predicted molar refractivity (Wildman–Crippen MR) is 79.8 cm³/mol. The first-order valence-electron chi connectivity index (χ1n) is 6.59. The number of methoxy groups -OCH3 is 1. The highest BCUT2D eigenvalue weighted by molar-refractivity contribution is 5.78. The number of hydrogen-bond acceptors (Lipinski definition) is 3. The van der Waals surface area contributed by atoms with Crippen LogP contribution in [0.1, 0.15) is 19.4 Å². The lowest BCUT2D eigenvalue weighted by Gasteiger charge is -2.26. The maximum absolute atomic E-state index is 12.1. The van der Waals surface area contributed by atoms with Crippen LogP contribution in [0.4, 0.5) is 0 Å². The van der Waals surface area contributed by atoms with E-state index >= 15 is 0 Å². The summed E-state index contributed by atoms with van der Waals surface area (Å²) in [6, 6.07) is 9.97. The van der Waals surface area contributed by atoms with Gasteiger partial charge in [0.15, 0.2) is 0 Å². The van der Waals surface area contributed by atoms with Gasteiger partial charge in [0.25, 0.3) is 5.91 Å². The van der Waals surface area contributed by atoms with Crippen molar-refractivity contribution in [1.82, 2.24) is 5.06 Å². The Bertz CT molecular complexity index is 456. The second kappa shape index (κ2) is 7.82. The summed E-state index contributed by atoms with van der Waals surface area (Å²) in [5.41, 5.74) is 2.09. The number of amides is 1. The molecule has 0 aliphatic rings. The zero-order valence-corrected chi connectivity index (χ0v) is 12.8. The number of benzene rings is 1. The topological polar surface area (TPSA) is 38.8 Å². The number of carbonyl (C=O) groups is 1. The lowest BCUT2D eigenvalue weighted by molar-refractivity contribution is -0.176. The number of ether oxygens (including phenoxy) is 1. The molecular weight excluding hydrogens is 254 g/mol. The maximum Gasteiger partial charge on any atom is 0.251 e. The highest BCUT2D eigenvalue weighted by Crippen LogP contribution is 2.20. The average molecular weight is 277 g/mol. The van der Waals surface area contributed by atoms with E-state index in [9.17, 15) is 4.79 Å². The summed E-state index contributed by atoms with van der Waals surface area (Å²) in [7, 11) is 4.68. The van der Waals surface area contributed by atoms with Crippen LogP contribution in [-0.4, -0.2) is 38.3 Å². The fourth-order valence-electron chi connectivity index (χ4n) is 2.18. The Hall–Kier alpha value is -1.65. The van der Waals surface area contributed by atoms with E-state index in [1.54, 1.807) is 14.2 Å². The molecule has 2 atom stereocenters. The van der Waals surface area contributed by atoms with E-state index in [0.29, 0.717) is 0 Å². The summed E-state index contributed by atoms with van der Waals surface area (Å²) in [6.45, 7) is 3.81. The van der Waals surface area contributed by atoms with Gasteiger partial charge in [0.2, 0.25) is 0 Å². The minimum Gasteiger partial charge on any atom is -0.376 e. The first-order valence-corrected chi connectivity index (χ1v) is 6.59. The fraction of sp³-hybridized carbons (Fsp3) is 0.438. The number of hydroxylamine groups is 2. The van der Waals surface area contributed by atoms with Crippen molar-refractivity contribution in [2.45, 2.75) is 20.0 Å². The molecule has 0 saturated carbocycles. The van der Waals surface area contributed by atoms with Crippen molar-refractivity contribution in [3.8, 4) is 0 Å². The number of nitrogens with zero attached hydrogens (tertiary/aromatic N) is 1. The van der Waals surface area contributed by atoms with Gasteiger partial charge in [0.05, 0.1) is 19.1 Å². The molecule has 0 saturated heterocycles. The van der Waals surface area contributed by atoms with Gasteiger partial charge in [-0.2, -0.15) is 0 Å². The molecule has 0 aromatic heterocycles. The zero-order valence-electron chi connectivity index (χ0n) is 12.8. The predicted octanol–water partition coefficient (Wildman–Crippen LogP) is 2.76. The van der Waals surface area contributed by atoms with Gasteiger partial charge >= 0.3 is 0 Å². The van der Waals surface area contributed by atoms with Crippen molar-refractivity contribution >= 4 is 12.0 Å². The van der Waals surface area contributed by atoms with Crippen LogP contribution in [0.2, 0.25) is 0 Å². The Morgan fingerprint density at radius 2 is 1.85 bits per heavy atom. The quantitative estimate of drug-likeness (QED) is 0.751. The van der Waals surface area contributed by atoms with Crippen LogP contribution >= 0.6 is 0 Å². The molecule has 1 aromatic carbocycles. The molecule has 1 aromatic rings. The van der Waals surface area contributed by atoms with E-state index < -0.39 is 0 Å². The first-order chi connectivity index (χ1) is 9.51. The molecule has 0 heterocycles. The van der Waals surface area contributed by atoms with Crippen molar-refractivity contribution in [2.75, 3.05) is 21.3 Å². The third-order valence-electron chi connectivity index (χ3n) is 3.32. The van der Waals surface area contributed by atoms with Crippen LogP contribution in [0.3, 0.4) is 0 Å². The van der Waals surface area contributed by atoms with Crippen LogP contribution in [0.5, 0.6) is 0 Å². The number of rotatable bonds is 6. The summed E-state index contributed by atoms with van der Waals surface area (Å²) in [5, 5.41) is 1.23. The smallest absolute Gasteiger partial charge is 0.251 e. The van der Waals surface area contributed by atoms with Gasteiger partial charge < -0.3 is 4.74 Å². The normalized spacial score (nSPS) is 14.8. The van der Waals surface area contributed by atoms with E-state index in [1.807, 2.05) is 50.3 Å².